The molecular formula is C16H20O3S. The molecule has 0 atom stereocenters. The summed E-state index contributed by atoms with van der Waals surface area (Å²) in [7, 11) is -3.63. The Labute approximate surface area is 121 Å². The van der Waals surface area contributed by atoms with Crippen molar-refractivity contribution in [3.63, 3.8) is 0 Å². The minimum absolute atomic E-state index is 0.182. The Bertz CT molecular complexity index is 587. The van der Waals surface area contributed by atoms with Crippen molar-refractivity contribution >= 4 is 10.1 Å². The van der Waals surface area contributed by atoms with Gasteiger partial charge in [-0.05, 0) is 38.0 Å². The molecule has 0 heterocycles. The molecule has 0 saturated carbocycles. The predicted octanol–water partition coefficient (Wildman–Crippen LogP) is 3.45. The molecule has 0 N–H and O–H groups in total. The first kappa shape index (κ1) is 16.5. The van der Waals surface area contributed by atoms with Gasteiger partial charge < -0.3 is 0 Å². The maximum Gasteiger partial charge on any atom is 0.296 e. The Morgan fingerprint density at radius 1 is 1.25 bits per heavy atom. The highest BCUT2D eigenvalue weighted by atomic mass is 32.2. The van der Waals surface area contributed by atoms with Crippen molar-refractivity contribution in [1.82, 2.24) is 0 Å². The standard InChI is InChI=1S/C16H20O3S/c1-3-4-5-6-7-8-9-14-19-20(17,18)16-12-10-15(2)11-13-16/h6-7,10-13H,3,8-9,14H2,1-2H3/b7-6+. The highest BCUT2D eigenvalue weighted by Gasteiger charge is 2.13. The molecule has 0 unspecified atom stereocenters. The fourth-order valence-corrected chi connectivity index (χ4v) is 2.39. The van der Waals surface area contributed by atoms with Crippen molar-refractivity contribution < 1.29 is 12.6 Å². The van der Waals surface area contributed by atoms with Crippen LogP contribution in [0.3, 0.4) is 0 Å². The van der Waals surface area contributed by atoms with Gasteiger partial charge >= 0.3 is 0 Å². The third kappa shape index (κ3) is 6.05. The summed E-state index contributed by atoms with van der Waals surface area (Å²) >= 11 is 0. The fourth-order valence-electron chi connectivity index (χ4n) is 1.45. The normalized spacial score (nSPS) is 11.3. The van der Waals surface area contributed by atoms with Crippen molar-refractivity contribution in [2.75, 3.05) is 6.61 Å². The molecule has 3 nitrogen and oxygen atoms in total. The minimum atomic E-state index is -3.63. The monoisotopic (exact) mass is 292 g/mol. The van der Waals surface area contributed by atoms with Crippen LogP contribution in [0.4, 0.5) is 0 Å². The number of allylic oxidation sites excluding steroid dienone is 2. The highest BCUT2D eigenvalue weighted by molar-refractivity contribution is 7.86. The molecule has 4 heteroatoms. The Kier molecular flexibility index (Phi) is 7.06. The third-order valence-corrected chi connectivity index (χ3v) is 3.87. The zero-order chi connectivity index (χ0) is 14.8. The summed E-state index contributed by atoms with van der Waals surface area (Å²) in [5.41, 5.74) is 1.02. The fraction of sp³-hybridized carbons (Fsp3) is 0.375. The van der Waals surface area contributed by atoms with E-state index in [2.05, 4.69) is 11.8 Å². The average molecular weight is 292 g/mol. The summed E-state index contributed by atoms with van der Waals surface area (Å²) in [6.45, 7) is 4.08. The van der Waals surface area contributed by atoms with E-state index in [1.54, 1.807) is 30.3 Å². The van der Waals surface area contributed by atoms with Crippen LogP contribution in [-0.2, 0) is 14.3 Å². The number of benzene rings is 1. The molecule has 0 spiro atoms. The number of hydrogen-bond acceptors (Lipinski definition) is 3. The first-order valence-corrected chi connectivity index (χ1v) is 8.06. The minimum Gasteiger partial charge on any atom is -0.266 e. The van der Waals surface area contributed by atoms with Crippen LogP contribution in [0.25, 0.3) is 0 Å². The van der Waals surface area contributed by atoms with Crippen LogP contribution in [0.15, 0.2) is 41.3 Å². The van der Waals surface area contributed by atoms with Crippen LogP contribution in [0.2, 0.25) is 0 Å². The molecule has 0 radical (unpaired) electrons. The molecule has 0 saturated heterocycles. The molecule has 20 heavy (non-hydrogen) atoms. The smallest absolute Gasteiger partial charge is 0.266 e. The Hall–Kier alpha value is -1.57. The van der Waals surface area contributed by atoms with Gasteiger partial charge in [0.05, 0.1) is 11.5 Å². The quantitative estimate of drug-likeness (QED) is 0.458. The number of hydrogen-bond donors (Lipinski definition) is 0. The van der Waals surface area contributed by atoms with E-state index in [0.29, 0.717) is 6.42 Å². The molecule has 0 fully saturated rings. The summed E-state index contributed by atoms with van der Waals surface area (Å²) in [6, 6.07) is 6.63. The molecule has 0 aliphatic rings. The number of rotatable bonds is 6. The number of aryl methyl sites for hydroxylation is 1. The topological polar surface area (TPSA) is 43.4 Å². The maximum atomic E-state index is 11.9. The summed E-state index contributed by atoms with van der Waals surface area (Å²) in [6.07, 6.45) is 5.95. The van der Waals surface area contributed by atoms with E-state index in [1.807, 2.05) is 19.9 Å². The van der Waals surface area contributed by atoms with E-state index in [4.69, 9.17) is 4.18 Å². The second-order valence-electron chi connectivity index (χ2n) is 4.31. The lowest BCUT2D eigenvalue weighted by atomic mass is 10.2. The largest absolute Gasteiger partial charge is 0.296 e. The van der Waals surface area contributed by atoms with E-state index in [-0.39, 0.29) is 11.5 Å². The zero-order valence-corrected chi connectivity index (χ0v) is 12.7. The Balaban J connectivity index is 2.37. The molecular weight excluding hydrogens is 272 g/mol. The van der Waals surface area contributed by atoms with Gasteiger partial charge in [0.15, 0.2) is 0 Å². The molecule has 0 aliphatic carbocycles. The van der Waals surface area contributed by atoms with Crippen molar-refractivity contribution in [3.05, 3.63) is 42.0 Å². The van der Waals surface area contributed by atoms with Crippen LogP contribution in [0, 0.1) is 18.8 Å². The lowest BCUT2D eigenvalue weighted by molar-refractivity contribution is 0.313. The molecule has 0 aliphatic heterocycles. The molecule has 1 aromatic rings. The van der Waals surface area contributed by atoms with Crippen molar-refractivity contribution in [1.29, 1.82) is 0 Å². The Morgan fingerprint density at radius 3 is 2.60 bits per heavy atom. The van der Waals surface area contributed by atoms with E-state index < -0.39 is 10.1 Å². The van der Waals surface area contributed by atoms with Crippen LogP contribution < -0.4 is 0 Å². The van der Waals surface area contributed by atoms with Gasteiger partial charge in [0.25, 0.3) is 10.1 Å². The summed E-state index contributed by atoms with van der Waals surface area (Å²) in [4.78, 5) is 0.201. The second kappa shape index (κ2) is 8.57. The van der Waals surface area contributed by atoms with Gasteiger partial charge in [-0.25, -0.2) is 0 Å². The predicted molar refractivity (Wildman–Crippen MR) is 80.8 cm³/mol. The Morgan fingerprint density at radius 2 is 1.95 bits per heavy atom. The first-order valence-electron chi connectivity index (χ1n) is 6.66. The van der Waals surface area contributed by atoms with Crippen molar-refractivity contribution in [2.24, 2.45) is 0 Å². The molecule has 0 bridgehead atoms. The second-order valence-corrected chi connectivity index (χ2v) is 5.92. The van der Waals surface area contributed by atoms with Gasteiger partial charge in [-0.3, -0.25) is 4.18 Å². The summed E-state index contributed by atoms with van der Waals surface area (Å²) in [5.74, 6) is 5.81. The van der Waals surface area contributed by atoms with Gasteiger partial charge in [0.1, 0.15) is 0 Å². The molecule has 0 aromatic heterocycles. The van der Waals surface area contributed by atoms with Crippen LogP contribution >= 0.6 is 0 Å². The van der Waals surface area contributed by atoms with Crippen LogP contribution in [-0.4, -0.2) is 15.0 Å². The van der Waals surface area contributed by atoms with Crippen molar-refractivity contribution in [3.8, 4) is 11.8 Å². The van der Waals surface area contributed by atoms with Crippen LogP contribution in [0.1, 0.15) is 31.7 Å². The van der Waals surface area contributed by atoms with Crippen LogP contribution in [0.5, 0.6) is 0 Å². The first-order chi connectivity index (χ1) is 9.56. The summed E-state index contributed by atoms with van der Waals surface area (Å²) < 4.78 is 28.7. The van der Waals surface area contributed by atoms with E-state index in [0.717, 1.165) is 18.4 Å². The third-order valence-electron chi connectivity index (χ3n) is 2.54. The molecule has 1 aromatic carbocycles. The van der Waals surface area contributed by atoms with E-state index in [9.17, 15) is 8.42 Å². The maximum absolute atomic E-state index is 11.9. The van der Waals surface area contributed by atoms with Gasteiger partial charge in [0.2, 0.25) is 0 Å². The number of unbranched alkanes of at least 4 members (excludes halogenated alkanes) is 1. The lowest BCUT2D eigenvalue weighted by Crippen LogP contribution is -2.07. The zero-order valence-electron chi connectivity index (χ0n) is 11.9. The molecule has 108 valence electrons. The van der Waals surface area contributed by atoms with Gasteiger partial charge in [-0.2, -0.15) is 8.42 Å². The molecule has 0 amide bonds. The van der Waals surface area contributed by atoms with E-state index >= 15 is 0 Å². The SMILES string of the molecule is CCC#C/C=C/CCCOS(=O)(=O)c1ccc(C)cc1. The highest BCUT2D eigenvalue weighted by Crippen LogP contribution is 2.13. The van der Waals surface area contributed by atoms with Gasteiger partial charge in [0, 0.05) is 6.42 Å². The average Bonchev–Trinajstić information content (AvgIpc) is 2.42. The van der Waals surface area contributed by atoms with E-state index in [1.165, 1.54) is 0 Å². The molecule has 1 rings (SSSR count). The van der Waals surface area contributed by atoms with Crippen molar-refractivity contribution in [2.45, 2.75) is 38.0 Å². The van der Waals surface area contributed by atoms with Gasteiger partial charge in [-0.1, -0.05) is 42.5 Å². The lowest BCUT2D eigenvalue weighted by Gasteiger charge is -2.05. The van der Waals surface area contributed by atoms with Gasteiger partial charge in [-0.15, -0.1) is 0 Å². The summed E-state index contributed by atoms with van der Waals surface area (Å²) in [5, 5.41) is 0.